The van der Waals surface area contributed by atoms with Crippen LogP contribution in [0.5, 0.6) is 0 Å². The molecule has 0 aliphatic heterocycles. The van der Waals surface area contributed by atoms with Gasteiger partial charge in [0.1, 0.15) is 5.82 Å². The Morgan fingerprint density at radius 2 is 1.86 bits per heavy atom. The first kappa shape index (κ1) is 14.7. The molecule has 2 rings (SSSR count). The van der Waals surface area contributed by atoms with Crippen LogP contribution in [0.4, 0.5) is 10.1 Å². The highest BCUT2D eigenvalue weighted by molar-refractivity contribution is 6.05. The summed E-state index contributed by atoms with van der Waals surface area (Å²) in [6, 6.07) is 8.36. The molecule has 0 radical (unpaired) electrons. The number of rotatable bonds is 3. The van der Waals surface area contributed by atoms with Crippen LogP contribution in [0.15, 0.2) is 36.4 Å². The van der Waals surface area contributed by atoms with E-state index in [1.54, 1.807) is 19.9 Å². The SMILES string of the molecule is Cc1cc(NC(=O)c2cccc(F)c2)cc(C(=O)O)c1C. The number of hydrogen-bond donors (Lipinski definition) is 2. The van der Waals surface area contributed by atoms with E-state index in [0.717, 1.165) is 11.6 Å². The van der Waals surface area contributed by atoms with Crippen molar-refractivity contribution in [2.24, 2.45) is 0 Å². The van der Waals surface area contributed by atoms with Crippen LogP contribution in [0.3, 0.4) is 0 Å². The smallest absolute Gasteiger partial charge is 0.336 e. The molecule has 0 aliphatic rings. The van der Waals surface area contributed by atoms with Gasteiger partial charge in [0.15, 0.2) is 0 Å². The van der Waals surface area contributed by atoms with Crippen LogP contribution in [0.25, 0.3) is 0 Å². The lowest BCUT2D eigenvalue weighted by Gasteiger charge is -2.10. The lowest BCUT2D eigenvalue weighted by Crippen LogP contribution is -2.13. The largest absolute Gasteiger partial charge is 0.478 e. The number of carbonyl (C=O) groups is 2. The van der Waals surface area contributed by atoms with E-state index in [9.17, 15) is 14.0 Å². The highest BCUT2D eigenvalue weighted by atomic mass is 19.1. The molecule has 4 nitrogen and oxygen atoms in total. The molecule has 0 aromatic heterocycles. The molecule has 0 unspecified atom stereocenters. The molecule has 0 aliphatic carbocycles. The van der Waals surface area contributed by atoms with Gasteiger partial charge in [0.25, 0.3) is 5.91 Å². The Morgan fingerprint density at radius 3 is 2.48 bits per heavy atom. The van der Waals surface area contributed by atoms with Crippen molar-refractivity contribution >= 4 is 17.6 Å². The van der Waals surface area contributed by atoms with E-state index >= 15 is 0 Å². The van der Waals surface area contributed by atoms with Crippen LogP contribution in [-0.2, 0) is 0 Å². The van der Waals surface area contributed by atoms with Crippen molar-refractivity contribution in [1.29, 1.82) is 0 Å². The highest BCUT2D eigenvalue weighted by Crippen LogP contribution is 2.20. The molecule has 2 aromatic rings. The zero-order chi connectivity index (χ0) is 15.6. The van der Waals surface area contributed by atoms with Crippen molar-refractivity contribution in [1.82, 2.24) is 0 Å². The average molecular weight is 287 g/mol. The summed E-state index contributed by atoms with van der Waals surface area (Å²) in [6.07, 6.45) is 0. The molecule has 0 fully saturated rings. The number of carbonyl (C=O) groups excluding carboxylic acids is 1. The molecule has 2 N–H and O–H groups in total. The summed E-state index contributed by atoms with van der Waals surface area (Å²) in [5, 5.41) is 11.7. The Hall–Kier alpha value is -2.69. The van der Waals surface area contributed by atoms with Crippen molar-refractivity contribution in [3.05, 3.63) is 64.5 Å². The summed E-state index contributed by atoms with van der Waals surface area (Å²) in [5.41, 5.74) is 2.06. The fourth-order valence-corrected chi connectivity index (χ4v) is 1.99. The van der Waals surface area contributed by atoms with Gasteiger partial charge in [0.05, 0.1) is 5.56 Å². The minimum atomic E-state index is -1.06. The molecule has 0 spiro atoms. The van der Waals surface area contributed by atoms with E-state index < -0.39 is 17.7 Å². The van der Waals surface area contributed by atoms with Gasteiger partial charge in [0.2, 0.25) is 0 Å². The molecular formula is C16H14FNO3. The average Bonchev–Trinajstić information content (AvgIpc) is 2.42. The Morgan fingerprint density at radius 1 is 1.14 bits per heavy atom. The number of nitrogens with one attached hydrogen (secondary N) is 1. The predicted molar refractivity (Wildman–Crippen MR) is 77.2 cm³/mol. The molecule has 108 valence electrons. The van der Waals surface area contributed by atoms with E-state index in [1.807, 2.05) is 0 Å². The summed E-state index contributed by atoms with van der Waals surface area (Å²) in [5.74, 6) is -2.06. The first-order valence-electron chi connectivity index (χ1n) is 6.30. The van der Waals surface area contributed by atoms with Gasteiger partial charge in [-0.15, -0.1) is 0 Å². The topological polar surface area (TPSA) is 66.4 Å². The molecular weight excluding hydrogens is 273 g/mol. The van der Waals surface area contributed by atoms with Crippen LogP contribution >= 0.6 is 0 Å². The van der Waals surface area contributed by atoms with Crippen LogP contribution in [0.1, 0.15) is 31.8 Å². The number of aromatic carboxylic acids is 1. The lowest BCUT2D eigenvalue weighted by molar-refractivity contribution is 0.0695. The van der Waals surface area contributed by atoms with E-state index in [2.05, 4.69) is 5.32 Å². The molecule has 0 saturated heterocycles. The van der Waals surface area contributed by atoms with Crippen LogP contribution in [-0.4, -0.2) is 17.0 Å². The second kappa shape index (κ2) is 5.75. The van der Waals surface area contributed by atoms with Gasteiger partial charge in [0, 0.05) is 11.3 Å². The zero-order valence-corrected chi connectivity index (χ0v) is 11.6. The minimum absolute atomic E-state index is 0.129. The standard InChI is InChI=1S/C16H14FNO3/c1-9-6-13(8-14(10(9)2)16(20)21)18-15(19)11-4-3-5-12(17)7-11/h3-8H,1-2H3,(H,18,19)(H,20,21). The predicted octanol–water partition coefficient (Wildman–Crippen LogP) is 3.39. The first-order chi connectivity index (χ1) is 9.88. The Kier molecular flexibility index (Phi) is 4.03. The first-order valence-corrected chi connectivity index (χ1v) is 6.30. The number of carboxylic acids is 1. The fraction of sp³-hybridized carbons (Fsp3) is 0.125. The molecule has 5 heteroatoms. The monoisotopic (exact) mass is 287 g/mol. The maximum atomic E-state index is 13.1. The third kappa shape index (κ3) is 3.25. The van der Waals surface area contributed by atoms with Crippen molar-refractivity contribution in [2.75, 3.05) is 5.32 Å². The molecule has 21 heavy (non-hydrogen) atoms. The van der Waals surface area contributed by atoms with Crippen LogP contribution < -0.4 is 5.32 Å². The number of halogens is 1. The van der Waals surface area contributed by atoms with E-state index in [-0.39, 0.29) is 11.1 Å². The molecule has 1 amide bonds. The number of anilines is 1. The summed E-state index contributed by atoms with van der Waals surface area (Å²) in [4.78, 5) is 23.2. The molecule has 0 bridgehead atoms. The molecule has 2 aromatic carbocycles. The second-order valence-electron chi connectivity index (χ2n) is 4.74. The Bertz CT molecular complexity index is 725. The Balaban J connectivity index is 2.32. The van der Waals surface area contributed by atoms with Crippen molar-refractivity contribution in [3.8, 4) is 0 Å². The Labute approximate surface area is 121 Å². The van der Waals surface area contributed by atoms with Gasteiger partial charge in [-0.3, -0.25) is 4.79 Å². The summed E-state index contributed by atoms with van der Waals surface area (Å²) in [7, 11) is 0. The van der Waals surface area contributed by atoms with Crippen molar-refractivity contribution < 1.29 is 19.1 Å². The third-order valence-electron chi connectivity index (χ3n) is 3.24. The van der Waals surface area contributed by atoms with Gasteiger partial charge in [-0.05, 0) is 55.3 Å². The van der Waals surface area contributed by atoms with Gasteiger partial charge in [-0.2, -0.15) is 0 Å². The number of hydrogen-bond acceptors (Lipinski definition) is 2. The second-order valence-corrected chi connectivity index (χ2v) is 4.74. The number of aryl methyl sites for hydroxylation is 1. The van der Waals surface area contributed by atoms with E-state index in [4.69, 9.17) is 5.11 Å². The minimum Gasteiger partial charge on any atom is -0.478 e. The molecule has 0 saturated carbocycles. The van der Waals surface area contributed by atoms with Crippen LogP contribution in [0.2, 0.25) is 0 Å². The number of carboxylic acid groups (broad SMARTS) is 1. The normalized spacial score (nSPS) is 10.2. The number of amides is 1. The van der Waals surface area contributed by atoms with Gasteiger partial charge >= 0.3 is 5.97 Å². The summed E-state index contributed by atoms with van der Waals surface area (Å²) < 4.78 is 13.1. The molecule has 0 heterocycles. The maximum Gasteiger partial charge on any atom is 0.336 e. The van der Waals surface area contributed by atoms with E-state index in [1.165, 1.54) is 24.3 Å². The quantitative estimate of drug-likeness (QED) is 0.909. The highest BCUT2D eigenvalue weighted by Gasteiger charge is 2.13. The lowest BCUT2D eigenvalue weighted by atomic mass is 10.0. The van der Waals surface area contributed by atoms with Gasteiger partial charge < -0.3 is 10.4 Å². The maximum absolute atomic E-state index is 13.1. The van der Waals surface area contributed by atoms with Crippen molar-refractivity contribution in [2.45, 2.75) is 13.8 Å². The number of benzene rings is 2. The van der Waals surface area contributed by atoms with Crippen LogP contribution in [0, 0.1) is 19.7 Å². The summed E-state index contributed by atoms with van der Waals surface area (Å²) >= 11 is 0. The zero-order valence-electron chi connectivity index (χ0n) is 11.6. The van der Waals surface area contributed by atoms with E-state index in [0.29, 0.717) is 11.3 Å². The summed E-state index contributed by atoms with van der Waals surface area (Å²) in [6.45, 7) is 3.47. The van der Waals surface area contributed by atoms with Crippen molar-refractivity contribution in [3.63, 3.8) is 0 Å². The molecule has 0 atom stereocenters. The third-order valence-corrected chi connectivity index (χ3v) is 3.24. The fourth-order valence-electron chi connectivity index (χ4n) is 1.99. The van der Waals surface area contributed by atoms with Gasteiger partial charge in [-0.25, -0.2) is 9.18 Å². The van der Waals surface area contributed by atoms with Gasteiger partial charge in [-0.1, -0.05) is 6.07 Å².